The standard InChI is InChI=1S/C47H57F4N5O10S/c1-25(2)64-31-14-12-28(13-15-31)36-19-29-20-38(63-7)35(48)22-34(29)41(52-36)65-32-21-37-40(57)54-46(43(59)55-67(61,62)33-16-17-33)23-30(46)11-9-8-10-26(3)18-27(4)39(42(58)56(37)24-32)53-44(60)66-45(5,6)47(49,50)51/h9,11-15,19-20,22,25-27,30,32-33,37,39H,8,10,16-18,21,23-24H2,1-7H3,(H,53,60)(H,54,57)(H,55,59)/b11-9-/t26-,27+,30+,32+,37-,39?,46+/m0/s1. The number of pyridine rings is 1. The van der Waals surface area contributed by atoms with E-state index >= 15 is 4.39 Å². The molecule has 20 heteroatoms. The number of halogens is 4. The number of benzene rings is 2. The number of carbonyl (C=O) groups is 4. The van der Waals surface area contributed by atoms with Gasteiger partial charge in [-0.05, 0) is 126 Å². The Labute approximate surface area is 386 Å². The molecule has 7 rings (SSSR count). The lowest BCUT2D eigenvalue weighted by Gasteiger charge is -2.34. The van der Waals surface area contributed by atoms with Gasteiger partial charge in [0, 0.05) is 23.3 Å². The molecule has 2 aliphatic carbocycles. The van der Waals surface area contributed by atoms with Crippen LogP contribution >= 0.6 is 0 Å². The lowest BCUT2D eigenvalue weighted by molar-refractivity contribution is -0.244. The van der Waals surface area contributed by atoms with Crippen LogP contribution in [0.25, 0.3) is 22.0 Å². The topological polar surface area (TPSA) is 192 Å². The van der Waals surface area contributed by atoms with Crippen molar-refractivity contribution in [1.82, 2.24) is 25.2 Å². The number of carbonyl (C=O) groups excluding carboxylic acids is 4. The van der Waals surface area contributed by atoms with E-state index in [9.17, 15) is 40.8 Å². The second-order valence-electron chi connectivity index (χ2n) is 19.0. The number of aromatic nitrogens is 1. The molecule has 3 fully saturated rings. The zero-order valence-corrected chi connectivity index (χ0v) is 39.2. The average Bonchev–Trinajstić information content (AvgIpc) is 4.17. The normalized spacial score (nSPS) is 26.6. The summed E-state index contributed by atoms with van der Waals surface area (Å²) in [6.07, 6.45) is -2.04. The van der Waals surface area contributed by atoms with E-state index in [1.807, 2.05) is 26.8 Å². The van der Waals surface area contributed by atoms with Crippen molar-refractivity contribution in [2.75, 3.05) is 13.7 Å². The number of alkyl carbamates (subject to hydrolysis) is 1. The molecular weight excluding hydrogens is 903 g/mol. The summed E-state index contributed by atoms with van der Waals surface area (Å²) in [5.74, 6) is -4.26. The zero-order valence-electron chi connectivity index (χ0n) is 38.4. The molecule has 3 N–H and O–H groups in total. The summed E-state index contributed by atoms with van der Waals surface area (Å²) in [7, 11) is -2.72. The Hall–Kier alpha value is -5.66. The van der Waals surface area contributed by atoms with Gasteiger partial charge >= 0.3 is 12.3 Å². The van der Waals surface area contributed by atoms with Crippen LogP contribution in [0.1, 0.15) is 86.5 Å². The van der Waals surface area contributed by atoms with Crippen molar-refractivity contribution in [3.05, 3.63) is 60.4 Å². The highest BCUT2D eigenvalue weighted by atomic mass is 32.2. The predicted molar refractivity (Wildman–Crippen MR) is 238 cm³/mol. The van der Waals surface area contributed by atoms with Gasteiger partial charge in [0.1, 0.15) is 29.5 Å². The molecule has 0 bridgehead atoms. The molecule has 364 valence electrons. The Morgan fingerprint density at radius 1 is 1.01 bits per heavy atom. The largest absolute Gasteiger partial charge is 0.494 e. The highest BCUT2D eigenvalue weighted by Crippen LogP contribution is 2.46. The van der Waals surface area contributed by atoms with Crippen LogP contribution in [0.15, 0.2) is 54.6 Å². The van der Waals surface area contributed by atoms with Crippen molar-refractivity contribution in [2.45, 2.75) is 133 Å². The first-order valence-corrected chi connectivity index (χ1v) is 24.0. The smallest absolute Gasteiger partial charge is 0.427 e. The first-order chi connectivity index (χ1) is 31.4. The minimum absolute atomic E-state index is 0.0550. The number of allylic oxidation sites excluding steroid dienone is 1. The SMILES string of the molecule is COc1cc2cc(-c3ccc(OC(C)C)cc3)nc(O[C@@H]3C[C@H]4C(=O)N[C@]5(C(=O)NS(=O)(=O)C6CC6)C[C@H]5/C=C\CC[C@H](C)C[C@@H](C)C(NC(=O)OC(C)(C)C(F)(F)F)C(=O)N4C3)c2cc1F. The molecule has 3 aromatic rings. The maximum Gasteiger partial charge on any atom is 0.427 e. The lowest BCUT2D eigenvalue weighted by Crippen LogP contribution is -2.59. The molecule has 4 amide bonds. The quantitative estimate of drug-likeness (QED) is 0.131. The number of ether oxygens (including phenoxy) is 4. The van der Waals surface area contributed by atoms with Crippen LogP contribution in [0.5, 0.6) is 17.4 Å². The molecule has 2 saturated carbocycles. The molecule has 1 unspecified atom stereocenters. The van der Waals surface area contributed by atoms with E-state index in [-0.39, 0.29) is 48.4 Å². The van der Waals surface area contributed by atoms with Gasteiger partial charge in [-0.1, -0.05) is 26.0 Å². The molecule has 15 nitrogen and oxygen atoms in total. The Bertz CT molecular complexity index is 2530. The van der Waals surface area contributed by atoms with Crippen LogP contribution in [0.2, 0.25) is 0 Å². The fourth-order valence-electron chi connectivity index (χ4n) is 8.70. The molecule has 0 spiro atoms. The Morgan fingerprint density at radius 2 is 1.72 bits per heavy atom. The van der Waals surface area contributed by atoms with Gasteiger partial charge in [0.15, 0.2) is 11.6 Å². The molecule has 1 aromatic heterocycles. The van der Waals surface area contributed by atoms with Crippen LogP contribution in [0, 0.1) is 23.6 Å². The van der Waals surface area contributed by atoms with Gasteiger partial charge in [0.2, 0.25) is 33.3 Å². The number of hydrogen-bond donors (Lipinski definition) is 3. The number of amides is 4. The number of rotatable bonds is 11. The van der Waals surface area contributed by atoms with Gasteiger partial charge in [0.05, 0.1) is 30.7 Å². The Balaban J connectivity index is 1.27. The van der Waals surface area contributed by atoms with E-state index in [0.717, 1.165) is 4.90 Å². The summed E-state index contributed by atoms with van der Waals surface area (Å²) >= 11 is 0. The van der Waals surface area contributed by atoms with Crippen molar-refractivity contribution in [2.24, 2.45) is 17.8 Å². The van der Waals surface area contributed by atoms with Crippen LogP contribution < -0.4 is 29.6 Å². The van der Waals surface area contributed by atoms with Gasteiger partial charge in [-0.25, -0.2) is 22.6 Å². The van der Waals surface area contributed by atoms with E-state index in [1.165, 1.54) is 19.2 Å². The van der Waals surface area contributed by atoms with Gasteiger partial charge < -0.3 is 34.5 Å². The molecular formula is C47H57F4N5O10S. The predicted octanol–water partition coefficient (Wildman–Crippen LogP) is 7.12. The van der Waals surface area contributed by atoms with E-state index < -0.39 is 92.2 Å². The Kier molecular flexibility index (Phi) is 13.8. The van der Waals surface area contributed by atoms with Gasteiger partial charge in [0.25, 0.3) is 5.91 Å². The van der Waals surface area contributed by atoms with Crippen molar-refractivity contribution in [3.63, 3.8) is 0 Å². The fraction of sp³-hybridized carbons (Fsp3) is 0.553. The fourth-order valence-corrected chi connectivity index (χ4v) is 10.1. The minimum atomic E-state index is -4.96. The number of sulfonamides is 1. The summed E-state index contributed by atoms with van der Waals surface area (Å²) < 4.78 is 108. The summed E-state index contributed by atoms with van der Waals surface area (Å²) in [4.78, 5) is 62.9. The number of nitrogens with zero attached hydrogens (tertiary/aromatic N) is 2. The van der Waals surface area contributed by atoms with Crippen LogP contribution in [-0.4, -0.2) is 103 Å². The highest BCUT2D eigenvalue weighted by molar-refractivity contribution is 7.91. The van der Waals surface area contributed by atoms with Crippen LogP contribution in [0.3, 0.4) is 0 Å². The van der Waals surface area contributed by atoms with Crippen molar-refractivity contribution >= 4 is 44.6 Å². The van der Waals surface area contributed by atoms with E-state index in [2.05, 4.69) is 15.4 Å². The molecule has 67 heavy (non-hydrogen) atoms. The van der Waals surface area contributed by atoms with Crippen molar-refractivity contribution < 1.29 is 64.1 Å². The third kappa shape index (κ3) is 10.9. The van der Waals surface area contributed by atoms with Crippen LogP contribution in [-0.2, 0) is 29.1 Å². The molecule has 0 radical (unpaired) electrons. The van der Waals surface area contributed by atoms with Crippen molar-refractivity contribution in [3.8, 4) is 28.6 Å². The van der Waals surface area contributed by atoms with E-state index in [4.69, 9.17) is 23.9 Å². The third-order valence-corrected chi connectivity index (χ3v) is 14.6. The molecule has 2 aromatic carbocycles. The first-order valence-electron chi connectivity index (χ1n) is 22.4. The highest BCUT2D eigenvalue weighted by Gasteiger charge is 2.62. The van der Waals surface area contributed by atoms with Gasteiger partial charge in [-0.2, -0.15) is 13.2 Å². The van der Waals surface area contributed by atoms with Gasteiger partial charge in [-0.15, -0.1) is 0 Å². The zero-order chi connectivity index (χ0) is 48.8. The molecule has 3 heterocycles. The molecule has 2 aliphatic heterocycles. The number of fused-ring (bicyclic) bond motifs is 3. The average molecular weight is 960 g/mol. The monoisotopic (exact) mass is 959 g/mol. The number of alkyl halides is 3. The summed E-state index contributed by atoms with van der Waals surface area (Å²) in [5, 5.41) is 5.10. The summed E-state index contributed by atoms with van der Waals surface area (Å²) in [6.45, 7) is 8.36. The number of nitrogens with one attached hydrogen (secondary N) is 3. The third-order valence-electron chi connectivity index (χ3n) is 12.8. The van der Waals surface area contributed by atoms with Crippen molar-refractivity contribution in [1.29, 1.82) is 0 Å². The maximum atomic E-state index is 15.4. The number of methoxy groups -OCH3 is 1. The minimum Gasteiger partial charge on any atom is -0.494 e. The molecule has 1 saturated heterocycles. The second-order valence-corrected chi connectivity index (χ2v) is 20.9. The van der Waals surface area contributed by atoms with E-state index in [0.29, 0.717) is 68.3 Å². The van der Waals surface area contributed by atoms with Crippen LogP contribution in [0.4, 0.5) is 22.4 Å². The van der Waals surface area contributed by atoms with Gasteiger partial charge in [-0.3, -0.25) is 19.1 Å². The Morgan fingerprint density at radius 3 is 2.36 bits per heavy atom. The summed E-state index contributed by atoms with van der Waals surface area (Å²) in [5.41, 5.74) is -3.59. The molecule has 4 aliphatic rings. The maximum absolute atomic E-state index is 15.4. The second kappa shape index (κ2) is 18.8. The molecule has 7 atom stereocenters. The lowest BCUT2D eigenvalue weighted by atomic mass is 9.88. The van der Waals surface area contributed by atoms with E-state index in [1.54, 1.807) is 43.3 Å². The first kappa shape index (κ1) is 49.3. The summed E-state index contributed by atoms with van der Waals surface area (Å²) in [6, 6.07) is 8.50. The number of hydrogen-bond acceptors (Lipinski definition) is 11.